The van der Waals surface area contributed by atoms with Crippen molar-refractivity contribution in [3.8, 4) is 0 Å². The Morgan fingerprint density at radius 3 is 1.71 bits per heavy atom. The average Bonchev–Trinajstić information content (AvgIpc) is 2.98. The highest BCUT2D eigenvalue weighted by Crippen LogP contribution is 2.29. The molecular formula is C30H54O12. The molecule has 0 aromatic heterocycles. The van der Waals surface area contributed by atoms with Crippen LogP contribution in [0.1, 0.15) is 96.8 Å². The lowest BCUT2D eigenvalue weighted by Gasteiger charge is -2.45. The summed E-state index contributed by atoms with van der Waals surface area (Å²) in [6.45, 7) is 0.850. The summed E-state index contributed by atoms with van der Waals surface area (Å²) in [7, 11) is 0. The standard InChI is InChI=1S/C30H54O12/c1-2-3-4-5-6-7-8-9-10-11-12-13-14-15-16-17-22(33)41-28-24(35)21(19-32)40-30(27(28)38)42-29-26(37)25(36)23(34)20(18-31)39-29/h9-10,20-21,23-32,34-38H,2-8,11-19H2,1H3/t20-,21-,23-,24-,25+,26-,27-,28+,29-,30-/m1/s1. The third kappa shape index (κ3) is 12.1. The van der Waals surface area contributed by atoms with Crippen molar-refractivity contribution in [1.82, 2.24) is 0 Å². The first-order valence-electron chi connectivity index (χ1n) is 15.7. The van der Waals surface area contributed by atoms with Gasteiger partial charge in [0.05, 0.1) is 13.2 Å². The van der Waals surface area contributed by atoms with E-state index in [1.165, 1.54) is 38.5 Å². The van der Waals surface area contributed by atoms with Gasteiger partial charge < -0.3 is 54.7 Å². The summed E-state index contributed by atoms with van der Waals surface area (Å²) in [6.07, 6.45) is 3.47. The Balaban J connectivity index is 1.69. The van der Waals surface area contributed by atoms with Crippen LogP contribution in [0.2, 0.25) is 0 Å². The van der Waals surface area contributed by atoms with E-state index in [0.717, 1.165) is 38.5 Å². The number of allylic oxidation sites excluding steroid dienone is 2. The molecule has 2 rings (SSSR count). The summed E-state index contributed by atoms with van der Waals surface area (Å²) >= 11 is 0. The van der Waals surface area contributed by atoms with E-state index in [0.29, 0.717) is 6.42 Å². The molecule has 2 heterocycles. The molecule has 12 heteroatoms. The van der Waals surface area contributed by atoms with Crippen LogP contribution in [-0.2, 0) is 23.7 Å². The van der Waals surface area contributed by atoms with Gasteiger partial charge in [-0.15, -0.1) is 0 Å². The minimum Gasteiger partial charge on any atom is -0.456 e. The molecule has 2 aliphatic heterocycles. The second-order valence-electron chi connectivity index (χ2n) is 11.3. The molecule has 0 radical (unpaired) electrons. The Morgan fingerprint density at radius 1 is 0.643 bits per heavy atom. The maximum absolute atomic E-state index is 12.5. The quantitative estimate of drug-likeness (QED) is 0.0595. The summed E-state index contributed by atoms with van der Waals surface area (Å²) in [4.78, 5) is 12.5. The van der Waals surface area contributed by atoms with Gasteiger partial charge in [0.2, 0.25) is 0 Å². The highest BCUT2D eigenvalue weighted by molar-refractivity contribution is 5.69. The molecule has 246 valence electrons. The molecule has 2 aliphatic rings. The Hall–Kier alpha value is -1.19. The maximum Gasteiger partial charge on any atom is 0.306 e. The maximum atomic E-state index is 12.5. The first kappa shape index (κ1) is 37.0. The average molecular weight is 607 g/mol. The molecular weight excluding hydrogens is 552 g/mol. The van der Waals surface area contributed by atoms with E-state index in [2.05, 4.69) is 19.1 Å². The van der Waals surface area contributed by atoms with Crippen LogP contribution in [0.4, 0.5) is 0 Å². The lowest BCUT2D eigenvalue weighted by molar-refractivity contribution is -0.376. The highest BCUT2D eigenvalue weighted by Gasteiger charge is 2.51. The molecule has 0 bridgehead atoms. The number of carbonyl (C=O) groups excluding carboxylic acids is 1. The zero-order valence-electron chi connectivity index (χ0n) is 24.9. The smallest absolute Gasteiger partial charge is 0.306 e. The molecule has 12 nitrogen and oxygen atoms in total. The zero-order chi connectivity index (χ0) is 30.9. The second kappa shape index (κ2) is 20.7. The number of hydrogen-bond donors (Lipinski definition) is 7. The number of aliphatic hydroxyl groups excluding tert-OH is 7. The van der Waals surface area contributed by atoms with Crippen molar-refractivity contribution in [2.45, 2.75) is 158 Å². The summed E-state index contributed by atoms with van der Waals surface area (Å²) < 4.78 is 21.4. The van der Waals surface area contributed by atoms with Crippen LogP contribution < -0.4 is 0 Å². The summed E-state index contributed by atoms with van der Waals surface area (Å²) in [5.41, 5.74) is 0. The lowest BCUT2D eigenvalue weighted by Crippen LogP contribution is -2.64. The van der Waals surface area contributed by atoms with Crippen molar-refractivity contribution in [3.63, 3.8) is 0 Å². The van der Waals surface area contributed by atoms with Crippen molar-refractivity contribution in [2.24, 2.45) is 0 Å². The number of rotatable bonds is 20. The fraction of sp³-hybridized carbons (Fsp3) is 0.900. The van der Waals surface area contributed by atoms with Gasteiger partial charge >= 0.3 is 5.97 Å². The molecule has 7 N–H and O–H groups in total. The van der Waals surface area contributed by atoms with Crippen molar-refractivity contribution in [3.05, 3.63) is 12.2 Å². The van der Waals surface area contributed by atoms with E-state index < -0.39 is 80.6 Å². The van der Waals surface area contributed by atoms with Gasteiger partial charge in [-0.2, -0.15) is 0 Å². The number of esters is 1. The van der Waals surface area contributed by atoms with Gasteiger partial charge in [-0.05, 0) is 32.1 Å². The number of aliphatic hydroxyl groups is 7. The Kier molecular flexibility index (Phi) is 18.2. The van der Waals surface area contributed by atoms with Gasteiger partial charge in [-0.1, -0.05) is 70.4 Å². The van der Waals surface area contributed by atoms with Crippen molar-refractivity contribution in [1.29, 1.82) is 0 Å². The molecule has 0 aliphatic carbocycles. The van der Waals surface area contributed by atoms with E-state index >= 15 is 0 Å². The van der Waals surface area contributed by atoms with Gasteiger partial charge in [0.25, 0.3) is 0 Å². The molecule has 0 aromatic rings. The SMILES string of the molecule is CCCCCCCCC=CCCCCCCCC(=O)O[C@@H]1[C@@H](O)[C@@H](O[C@H]2O[C@H](CO)[C@@H](O)[C@H](O)[C@H]2O)O[C@H](CO)[C@H]1O. The van der Waals surface area contributed by atoms with Crippen molar-refractivity contribution >= 4 is 5.97 Å². The van der Waals surface area contributed by atoms with Gasteiger partial charge in [-0.25, -0.2) is 0 Å². The van der Waals surface area contributed by atoms with E-state index in [1.807, 2.05) is 0 Å². The topological polar surface area (TPSA) is 196 Å². The summed E-state index contributed by atoms with van der Waals surface area (Å²) in [5, 5.41) is 70.4. The normalized spacial score (nSPS) is 33.7. The summed E-state index contributed by atoms with van der Waals surface area (Å²) in [5.74, 6) is -0.638. The van der Waals surface area contributed by atoms with Crippen LogP contribution in [-0.4, -0.2) is 116 Å². The Labute approximate surface area is 249 Å². The van der Waals surface area contributed by atoms with Gasteiger partial charge in [0.1, 0.15) is 42.7 Å². The molecule has 0 unspecified atom stereocenters. The van der Waals surface area contributed by atoms with E-state index in [1.54, 1.807) is 0 Å². The van der Waals surface area contributed by atoms with E-state index in [9.17, 15) is 40.5 Å². The van der Waals surface area contributed by atoms with Crippen LogP contribution in [0.15, 0.2) is 12.2 Å². The van der Waals surface area contributed by atoms with Crippen LogP contribution in [0.25, 0.3) is 0 Å². The molecule has 0 spiro atoms. The molecule has 42 heavy (non-hydrogen) atoms. The predicted octanol–water partition coefficient (Wildman–Crippen LogP) is 1.19. The summed E-state index contributed by atoms with van der Waals surface area (Å²) in [6, 6.07) is 0. The number of unbranched alkanes of at least 4 members (excludes halogenated alkanes) is 11. The first-order chi connectivity index (χ1) is 20.2. The fourth-order valence-electron chi connectivity index (χ4n) is 5.17. The third-order valence-electron chi connectivity index (χ3n) is 7.85. The highest BCUT2D eigenvalue weighted by atomic mass is 16.8. The monoisotopic (exact) mass is 606 g/mol. The van der Waals surface area contributed by atoms with E-state index in [4.69, 9.17) is 18.9 Å². The molecule has 2 saturated heterocycles. The first-order valence-corrected chi connectivity index (χ1v) is 15.7. The lowest BCUT2D eigenvalue weighted by atomic mass is 9.98. The van der Waals surface area contributed by atoms with Gasteiger partial charge in [0, 0.05) is 6.42 Å². The molecule has 10 atom stereocenters. The number of carbonyl (C=O) groups is 1. The molecule has 0 aromatic carbocycles. The zero-order valence-corrected chi connectivity index (χ0v) is 24.9. The minimum atomic E-state index is -1.76. The third-order valence-corrected chi connectivity index (χ3v) is 7.85. The number of ether oxygens (including phenoxy) is 4. The molecule has 0 amide bonds. The Bertz CT molecular complexity index is 750. The van der Waals surface area contributed by atoms with Crippen LogP contribution >= 0.6 is 0 Å². The molecule has 2 fully saturated rings. The van der Waals surface area contributed by atoms with Gasteiger partial charge in [0.15, 0.2) is 18.7 Å². The minimum absolute atomic E-state index is 0.0803. The largest absolute Gasteiger partial charge is 0.456 e. The van der Waals surface area contributed by atoms with Crippen LogP contribution in [0.3, 0.4) is 0 Å². The van der Waals surface area contributed by atoms with Crippen molar-refractivity contribution < 1.29 is 59.5 Å². The molecule has 0 saturated carbocycles. The number of hydrogen-bond acceptors (Lipinski definition) is 12. The Morgan fingerprint density at radius 2 is 1.14 bits per heavy atom. The second-order valence-corrected chi connectivity index (χ2v) is 11.3. The van der Waals surface area contributed by atoms with Crippen LogP contribution in [0, 0.1) is 0 Å². The van der Waals surface area contributed by atoms with Crippen LogP contribution in [0.5, 0.6) is 0 Å². The van der Waals surface area contributed by atoms with Crippen molar-refractivity contribution in [2.75, 3.05) is 13.2 Å². The fourth-order valence-corrected chi connectivity index (χ4v) is 5.17. The predicted molar refractivity (Wildman–Crippen MR) is 152 cm³/mol. The van der Waals surface area contributed by atoms with E-state index in [-0.39, 0.29) is 6.42 Å². The van der Waals surface area contributed by atoms with Gasteiger partial charge in [-0.3, -0.25) is 4.79 Å².